The van der Waals surface area contributed by atoms with Crippen LogP contribution in [0.3, 0.4) is 0 Å². The standard InChI is InChI=1S/C18H23O3P/c1-3-20-22(21-4-2)18-12-8-11-17(13-18)15-19-14-16-9-6-5-7-10-16/h5-13H,3-4,14-15H2,1-2H3. The molecule has 22 heavy (non-hydrogen) atoms. The molecule has 0 unspecified atom stereocenters. The van der Waals surface area contributed by atoms with Gasteiger partial charge in [-0.15, -0.1) is 0 Å². The highest BCUT2D eigenvalue weighted by Crippen LogP contribution is 2.36. The van der Waals surface area contributed by atoms with Crippen LogP contribution in [-0.4, -0.2) is 13.2 Å². The van der Waals surface area contributed by atoms with Crippen molar-refractivity contribution in [2.75, 3.05) is 13.2 Å². The monoisotopic (exact) mass is 318 g/mol. The first-order valence-corrected chi connectivity index (χ1v) is 8.77. The Balaban J connectivity index is 1.92. The molecule has 2 aromatic rings. The van der Waals surface area contributed by atoms with Crippen molar-refractivity contribution < 1.29 is 13.8 Å². The van der Waals surface area contributed by atoms with Crippen LogP contribution in [0.2, 0.25) is 0 Å². The van der Waals surface area contributed by atoms with Crippen molar-refractivity contribution in [3.63, 3.8) is 0 Å². The van der Waals surface area contributed by atoms with E-state index in [0.717, 1.165) is 10.9 Å². The zero-order chi connectivity index (χ0) is 15.6. The fraction of sp³-hybridized carbons (Fsp3) is 0.333. The van der Waals surface area contributed by atoms with E-state index in [9.17, 15) is 0 Å². The van der Waals surface area contributed by atoms with Crippen LogP contribution in [0.15, 0.2) is 54.6 Å². The second kappa shape index (κ2) is 9.70. The van der Waals surface area contributed by atoms with Gasteiger partial charge in [0.15, 0.2) is 0 Å². The summed E-state index contributed by atoms with van der Waals surface area (Å²) in [5.74, 6) is 0. The van der Waals surface area contributed by atoms with Gasteiger partial charge in [0.05, 0.1) is 26.4 Å². The number of benzene rings is 2. The van der Waals surface area contributed by atoms with Gasteiger partial charge in [-0.05, 0) is 37.1 Å². The van der Waals surface area contributed by atoms with Gasteiger partial charge in [0, 0.05) is 5.30 Å². The van der Waals surface area contributed by atoms with Crippen LogP contribution in [0.5, 0.6) is 0 Å². The summed E-state index contributed by atoms with van der Waals surface area (Å²) in [6.07, 6.45) is 0. The maximum atomic E-state index is 5.79. The molecule has 0 saturated carbocycles. The summed E-state index contributed by atoms with van der Waals surface area (Å²) in [4.78, 5) is 0. The lowest BCUT2D eigenvalue weighted by Crippen LogP contribution is -2.07. The minimum atomic E-state index is -0.987. The van der Waals surface area contributed by atoms with E-state index in [1.807, 2.05) is 38.1 Å². The highest BCUT2D eigenvalue weighted by atomic mass is 31.2. The Kier molecular flexibility index (Phi) is 7.55. The molecule has 0 aromatic heterocycles. The maximum Gasteiger partial charge on any atom is 0.205 e. The van der Waals surface area contributed by atoms with Crippen molar-refractivity contribution in [3.8, 4) is 0 Å². The largest absolute Gasteiger partial charge is 0.372 e. The first-order valence-electron chi connectivity index (χ1n) is 7.60. The number of hydrogen-bond donors (Lipinski definition) is 0. The molecule has 118 valence electrons. The van der Waals surface area contributed by atoms with E-state index in [0.29, 0.717) is 26.4 Å². The summed E-state index contributed by atoms with van der Waals surface area (Å²) in [5, 5.41) is 1.10. The Morgan fingerprint density at radius 2 is 1.41 bits per heavy atom. The van der Waals surface area contributed by atoms with Crippen LogP contribution in [0.1, 0.15) is 25.0 Å². The summed E-state index contributed by atoms with van der Waals surface area (Å²) < 4.78 is 17.2. The predicted molar refractivity (Wildman–Crippen MR) is 91.2 cm³/mol. The molecule has 0 N–H and O–H groups in total. The molecule has 3 nitrogen and oxygen atoms in total. The SMILES string of the molecule is CCOP(OCC)c1cccc(COCc2ccccc2)c1. The van der Waals surface area contributed by atoms with E-state index in [1.165, 1.54) is 5.56 Å². The predicted octanol–water partition coefficient (Wildman–Crippen LogP) is 4.41. The van der Waals surface area contributed by atoms with E-state index >= 15 is 0 Å². The highest BCUT2D eigenvalue weighted by molar-refractivity contribution is 7.56. The molecule has 0 radical (unpaired) electrons. The quantitative estimate of drug-likeness (QED) is 0.641. The minimum absolute atomic E-state index is 0.587. The summed E-state index contributed by atoms with van der Waals surface area (Å²) in [6, 6.07) is 18.5. The summed E-state index contributed by atoms with van der Waals surface area (Å²) in [5.41, 5.74) is 2.32. The molecule has 0 spiro atoms. The van der Waals surface area contributed by atoms with E-state index in [-0.39, 0.29) is 0 Å². The van der Waals surface area contributed by atoms with Gasteiger partial charge < -0.3 is 13.8 Å². The molecular weight excluding hydrogens is 295 g/mol. The molecule has 0 amide bonds. The maximum absolute atomic E-state index is 5.79. The first kappa shape index (κ1) is 17.1. The van der Waals surface area contributed by atoms with Crippen LogP contribution in [0.4, 0.5) is 0 Å². The third-order valence-electron chi connectivity index (χ3n) is 2.99. The summed E-state index contributed by atoms with van der Waals surface area (Å²) in [6.45, 7) is 6.49. The van der Waals surface area contributed by atoms with Crippen LogP contribution < -0.4 is 5.30 Å². The highest BCUT2D eigenvalue weighted by Gasteiger charge is 2.12. The molecule has 2 aromatic carbocycles. The zero-order valence-corrected chi connectivity index (χ0v) is 14.1. The second-order valence-corrected chi connectivity index (χ2v) is 6.29. The molecular formula is C18H23O3P. The van der Waals surface area contributed by atoms with Gasteiger partial charge >= 0.3 is 0 Å². The average Bonchev–Trinajstić information content (AvgIpc) is 2.56. The minimum Gasteiger partial charge on any atom is -0.372 e. The van der Waals surface area contributed by atoms with E-state index < -0.39 is 8.38 Å². The molecule has 0 atom stereocenters. The van der Waals surface area contributed by atoms with Gasteiger partial charge in [0.2, 0.25) is 8.38 Å². The molecule has 0 aliphatic rings. The molecule has 0 bridgehead atoms. The average molecular weight is 318 g/mol. The number of ether oxygens (including phenoxy) is 1. The van der Waals surface area contributed by atoms with Crippen molar-refractivity contribution in [1.82, 2.24) is 0 Å². The number of rotatable bonds is 9. The Morgan fingerprint density at radius 3 is 2.09 bits per heavy atom. The Hall–Kier alpha value is -1.25. The van der Waals surface area contributed by atoms with Gasteiger partial charge in [0.1, 0.15) is 0 Å². The molecule has 0 aliphatic heterocycles. The van der Waals surface area contributed by atoms with Crippen molar-refractivity contribution >= 4 is 13.7 Å². The third kappa shape index (κ3) is 5.51. The van der Waals surface area contributed by atoms with Crippen LogP contribution in [0.25, 0.3) is 0 Å². The normalized spacial score (nSPS) is 11.0. The van der Waals surface area contributed by atoms with Crippen molar-refractivity contribution in [2.24, 2.45) is 0 Å². The van der Waals surface area contributed by atoms with Gasteiger partial charge in [-0.1, -0.05) is 42.5 Å². The molecule has 0 saturated heterocycles. The van der Waals surface area contributed by atoms with Gasteiger partial charge in [-0.3, -0.25) is 0 Å². The van der Waals surface area contributed by atoms with Crippen LogP contribution in [0, 0.1) is 0 Å². The topological polar surface area (TPSA) is 27.7 Å². The van der Waals surface area contributed by atoms with Crippen molar-refractivity contribution in [1.29, 1.82) is 0 Å². The fourth-order valence-electron chi connectivity index (χ4n) is 2.04. The first-order chi connectivity index (χ1) is 10.8. The summed E-state index contributed by atoms with van der Waals surface area (Å²) >= 11 is 0. The smallest absolute Gasteiger partial charge is 0.205 e. The molecule has 0 aliphatic carbocycles. The lowest BCUT2D eigenvalue weighted by Gasteiger charge is -2.16. The van der Waals surface area contributed by atoms with Gasteiger partial charge in [-0.25, -0.2) is 0 Å². The second-order valence-electron chi connectivity index (χ2n) is 4.74. The van der Waals surface area contributed by atoms with Crippen molar-refractivity contribution in [2.45, 2.75) is 27.1 Å². The molecule has 2 rings (SSSR count). The molecule has 4 heteroatoms. The van der Waals surface area contributed by atoms with E-state index in [2.05, 4.69) is 30.3 Å². The Labute approximate surface area is 134 Å². The van der Waals surface area contributed by atoms with Crippen LogP contribution >= 0.6 is 8.38 Å². The zero-order valence-electron chi connectivity index (χ0n) is 13.2. The van der Waals surface area contributed by atoms with Crippen LogP contribution in [-0.2, 0) is 27.0 Å². The lowest BCUT2D eigenvalue weighted by atomic mass is 10.2. The van der Waals surface area contributed by atoms with Gasteiger partial charge in [-0.2, -0.15) is 0 Å². The van der Waals surface area contributed by atoms with E-state index in [4.69, 9.17) is 13.8 Å². The van der Waals surface area contributed by atoms with E-state index in [1.54, 1.807) is 0 Å². The molecule has 0 fully saturated rings. The third-order valence-corrected chi connectivity index (χ3v) is 4.68. The van der Waals surface area contributed by atoms with Crippen molar-refractivity contribution in [3.05, 3.63) is 65.7 Å². The number of hydrogen-bond acceptors (Lipinski definition) is 3. The van der Waals surface area contributed by atoms with Gasteiger partial charge in [0.25, 0.3) is 0 Å². The summed E-state index contributed by atoms with van der Waals surface area (Å²) in [7, 11) is -0.987. The fourth-order valence-corrected chi connectivity index (χ4v) is 3.36. The Bertz CT molecular complexity index is 539. The molecule has 0 heterocycles. The Morgan fingerprint density at radius 1 is 0.773 bits per heavy atom. The lowest BCUT2D eigenvalue weighted by molar-refractivity contribution is 0.107.